The number of anilines is 1. The molecule has 0 amide bonds. The molecule has 0 aliphatic heterocycles. The van der Waals surface area contributed by atoms with E-state index in [1.165, 1.54) is 11.3 Å². The third-order valence-electron chi connectivity index (χ3n) is 1.86. The number of carboxylic acid groups (broad SMARTS) is 1. The fourth-order valence-corrected chi connectivity index (χ4v) is 2.59. The van der Waals surface area contributed by atoms with Crippen molar-refractivity contribution in [3.63, 3.8) is 0 Å². The van der Waals surface area contributed by atoms with Crippen LogP contribution in [0.15, 0.2) is 23.1 Å². The Hall–Kier alpha value is -1.20. The number of nitrogen functional groups attached to an aromatic ring is 1. The second kappa shape index (κ2) is 3.18. The van der Waals surface area contributed by atoms with Crippen molar-refractivity contribution in [3.8, 4) is 0 Å². The number of carbonyl (C=O) groups is 1. The van der Waals surface area contributed by atoms with Gasteiger partial charge in [-0.15, -0.1) is 24.0 Å². The Morgan fingerprint density at radius 2 is 2.14 bits per heavy atom. The van der Waals surface area contributed by atoms with Crippen molar-refractivity contribution in [2.24, 2.45) is 0 Å². The van der Waals surface area contributed by atoms with Crippen molar-refractivity contribution in [2.75, 3.05) is 5.73 Å². The molecule has 0 unspecified atom stereocenters. The summed E-state index contributed by atoms with van der Waals surface area (Å²) in [4.78, 5) is 11.8. The van der Waals surface area contributed by atoms with E-state index < -0.39 is 5.97 Å². The minimum absolute atomic E-state index is 0.297. The van der Waals surface area contributed by atoms with Gasteiger partial charge in [0.2, 0.25) is 0 Å². The minimum Gasteiger partial charge on any atom is -0.477 e. The van der Waals surface area contributed by atoms with Gasteiger partial charge in [-0.3, -0.25) is 0 Å². The van der Waals surface area contributed by atoms with E-state index in [-0.39, 0.29) is 0 Å². The van der Waals surface area contributed by atoms with Crippen LogP contribution in [0.3, 0.4) is 0 Å². The number of hydrogen-bond acceptors (Lipinski definition) is 4. The first-order valence-corrected chi connectivity index (χ1v) is 5.09. The summed E-state index contributed by atoms with van der Waals surface area (Å²) in [5.41, 5.74) is 6.30. The van der Waals surface area contributed by atoms with E-state index in [1.807, 2.05) is 6.07 Å². The van der Waals surface area contributed by atoms with E-state index in [1.54, 1.807) is 12.1 Å². The Morgan fingerprint density at radius 3 is 2.79 bits per heavy atom. The van der Waals surface area contributed by atoms with E-state index >= 15 is 0 Å². The molecule has 0 fully saturated rings. The number of hydrogen-bond donors (Lipinski definition) is 3. The summed E-state index contributed by atoms with van der Waals surface area (Å²) in [5, 5.41) is 9.58. The smallest absolute Gasteiger partial charge is 0.345 e. The van der Waals surface area contributed by atoms with Crippen LogP contribution in [0.25, 0.3) is 10.1 Å². The molecule has 14 heavy (non-hydrogen) atoms. The SMILES string of the molecule is Nc1cc(S)cc2sc(C(=O)O)cc12. The van der Waals surface area contributed by atoms with Gasteiger partial charge in [0, 0.05) is 20.7 Å². The fraction of sp³-hybridized carbons (Fsp3) is 0. The molecular weight excluding hydrogens is 218 g/mol. The highest BCUT2D eigenvalue weighted by Crippen LogP contribution is 2.32. The predicted octanol–water partition coefficient (Wildman–Crippen LogP) is 2.47. The van der Waals surface area contributed by atoms with Gasteiger partial charge in [-0.05, 0) is 18.2 Å². The number of thiophene rings is 1. The Bertz CT molecular complexity index is 519. The molecule has 2 aromatic rings. The highest BCUT2D eigenvalue weighted by atomic mass is 32.1. The van der Waals surface area contributed by atoms with E-state index in [0.29, 0.717) is 10.6 Å². The predicted molar refractivity (Wildman–Crippen MR) is 60.4 cm³/mol. The topological polar surface area (TPSA) is 63.3 Å². The molecule has 0 saturated carbocycles. The van der Waals surface area contributed by atoms with Gasteiger partial charge in [0.15, 0.2) is 0 Å². The molecule has 2 rings (SSSR count). The number of aromatic carboxylic acids is 1. The number of nitrogens with two attached hydrogens (primary N) is 1. The van der Waals surface area contributed by atoms with Gasteiger partial charge < -0.3 is 10.8 Å². The third-order valence-corrected chi connectivity index (χ3v) is 3.19. The molecule has 0 atom stereocenters. The number of carboxylic acids is 1. The summed E-state index contributed by atoms with van der Waals surface area (Å²) >= 11 is 5.38. The van der Waals surface area contributed by atoms with Gasteiger partial charge in [-0.1, -0.05) is 0 Å². The lowest BCUT2D eigenvalue weighted by atomic mass is 10.2. The first-order chi connectivity index (χ1) is 6.58. The molecule has 1 aromatic heterocycles. The molecule has 3 N–H and O–H groups in total. The van der Waals surface area contributed by atoms with Crippen LogP contribution in [0.4, 0.5) is 5.69 Å². The molecule has 0 bridgehead atoms. The van der Waals surface area contributed by atoms with Crippen LogP contribution in [0.2, 0.25) is 0 Å². The van der Waals surface area contributed by atoms with Crippen molar-refractivity contribution in [1.29, 1.82) is 0 Å². The maximum atomic E-state index is 10.7. The van der Waals surface area contributed by atoms with Crippen LogP contribution < -0.4 is 5.73 Å². The first kappa shape index (κ1) is 9.36. The molecule has 0 aliphatic carbocycles. The van der Waals surface area contributed by atoms with Crippen LogP contribution in [0, 0.1) is 0 Å². The van der Waals surface area contributed by atoms with Gasteiger partial charge in [0.1, 0.15) is 4.88 Å². The monoisotopic (exact) mass is 225 g/mol. The fourth-order valence-electron chi connectivity index (χ4n) is 1.26. The van der Waals surface area contributed by atoms with Crippen molar-refractivity contribution < 1.29 is 9.90 Å². The Balaban J connectivity index is 2.76. The average Bonchev–Trinajstić information content (AvgIpc) is 2.47. The normalized spacial score (nSPS) is 10.6. The number of rotatable bonds is 1. The summed E-state index contributed by atoms with van der Waals surface area (Å²) in [6, 6.07) is 5.11. The van der Waals surface area contributed by atoms with Crippen LogP contribution >= 0.6 is 24.0 Å². The lowest BCUT2D eigenvalue weighted by molar-refractivity contribution is 0.0702. The number of fused-ring (bicyclic) bond motifs is 1. The van der Waals surface area contributed by atoms with Crippen LogP contribution in [-0.2, 0) is 0 Å². The maximum absolute atomic E-state index is 10.7. The lowest BCUT2D eigenvalue weighted by Crippen LogP contribution is -1.90. The molecule has 1 aromatic carbocycles. The summed E-state index contributed by atoms with van der Waals surface area (Å²) < 4.78 is 0.854. The molecule has 1 heterocycles. The molecule has 3 nitrogen and oxygen atoms in total. The van der Waals surface area contributed by atoms with Crippen LogP contribution in [0.1, 0.15) is 9.67 Å². The zero-order valence-electron chi connectivity index (χ0n) is 7.02. The van der Waals surface area contributed by atoms with E-state index in [2.05, 4.69) is 12.6 Å². The standard InChI is InChI=1S/C9H7NO2S2/c10-6-1-4(13)2-7-5(6)3-8(14-7)9(11)12/h1-3,13H,10H2,(H,11,12). The molecule has 0 radical (unpaired) electrons. The second-order valence-corrected chi connectivity index (χ2v) is 4.46. The van der Waals surface area contributed by atoms with Crippen molar-refractivity contribution >= 4 is 45.7 Å². The van der Waals surface area contributed by atoms with Gasteiger partial charge >= 0.3 is 5.97 Å². The number of thiol groups is 1. The van der Waals surface area contributed by atoms with Gasteiger partial charge in [0.25, 0.3) is 0 Å². The van der Waals surface area contributed by atoms with Gasteiger partial charge in [-0.25, -0.2) is 4.79 Å². The summed E-state index contributed by atoms with van der Waals surface area (Å²) in [6.45, 7) is 0. The highest BCUT2D eigenvalue weighted by Gasteiger charge is 2.10. The molecule has 0 spiro atoms. The largest absolute Gasteiger partial charge is 0.477 e. The van der Waals surface area contributed by atoms with E-state index in [4.69, 9.17) is 10.8 Å². The summed E-state index contributed by atoms with van der Waals surface area (Å²) in [5.74, 6) is -0.925. The Labute approximate surface area is 89.6 Å². The average molecular weight is 225 g/mol. The van der Waals surface area contributed by atoms with Gasteiger partial charge in [-0.2, -0.15) is 0 Å². The Kier molecular flexibility index (Phi) is 2.13. The second-order valence-electron chi connectivity index (χ2n) is 2.86. The minimum atomic E-state index is -0.925. The number of benzene rings is 1. The highest BCUT2D eigenvalue weighted by molar-refractivity contribution is 7.80. The third kappa shape index (κ3) is 1.44. The van der Waals surface area contributed by atoms with E-state index in [0.717, 1.165) is 15.0 Å². The first-order valence-electron chi connectivity index (χ1n) is 3.83. The molecule has 0 aliphatic rings. The van der Waals surface area contributed by atoms with Crippen LogP contribution in [-0.4, -0.2) is 11.1 Å². The van der Waals surface area contributed by atoms with Crippen LogP contribution in [0.5, 0.6) is 0 Å². The Morgan fingerprint density at radius 1 is 1.43 bits per heavy atom. The maximum Gasteiger partial charge on any atom is 0.345 e. The quantitative estimate of drug-likeness (QED) is 0.516. The molecule has 0 saturated heterocycles. The van der Waals surface area contributed by atoms with Crippen molar-refractivity contribution in [1.82, 2.24) is 0 Å². The molecular formula is C9H7NO2S2. The lowest BCUT2D eigenvalue weighted by Gasteiger charge is -1.96. The van der Waals surface area contributed by atoms with E-state index in [9.17, 15) is 4.79 Å². The van der Waals surface area contributed by atoms with Gasteiger partial charge in [0.05, 0.1) is 0 Å². The van der Waals surface area contributed by atoms with Crippen molar-refractivity contribution in [2.45, 2.75) is 4.90 Å². The van der Waals surface area contributed by atoms with Crippen molar-refractivity contribution in [3.05, 3.63) is 23.1 Å². The molecule has 5 heteroatoms. The zero-order chi connectivity index (χ0) is 10.3. The zero-order valence-corrected chi connectivity index (χ0v) is 8.73. The molecule has 72 valence electrons. The summed E-state index contributed by atoms with van der Waals surface area (Å²) in [7, 11) is 0. The summed E-state index contributed by atoms with van der Waals surface area (Å²) in [6.07, 6.45) is 0.